The van der Waals surface area contributed by atoms with Gasteiger partial charge in [-0.1, -0.05) is 55.5 Å². The van der Waals surface area contributed by atoms with E-state index in [-0.39, 0.29) is 0 Å². The number of rotatable bonds is 4. The zero-order chi connectivity index (χ0) is 14.5. The quantitative estimate of drug-likeness (QED) is 0.903. The van der Waals surface area contributed by atoms with Gasteiger partial charge >= 0.3 is 0 Å². The van der Waals surface area contributed by atoms with Crippen LogP contribution in [0.25, 0.3) is 0 Å². The van der Waals surface area contributed by atoms with Gasteiger partial charge < -0.3 is 9.80 Å². The van der Waals surface area contributed by atoms with Crippen LogP contribution in [0.4, 0.5) is 5.69 Å². The first-order chi connectivity index (χ1) is 10.3. The fourth-order valence-corrected chi connectivity index (χ4v) is 3.26. The summed E-state index contributed by atoms with van der Waals surface area (Å²) in [5, 5.41) is 0. The highest BCUT2D eigenvalue weighted by molar-refractivity contribution is 5.46. The zero-order valence-corrected chi connectivity index (χ0v) is 12.8. The summed E-state index contributed by atoms with van der Waals surface area (Å²) in [6.07, 6.45) is 0. The Labute approximate surface area is 128 Å². The first-order valence-electron chi connectivity index (χ1n) is 8.01. The highest BCUT2D eigenvalue weighted by atomic mass is 15.3. The van der Waals surface area contributed by atoms with E-state index < -0.39 is 0 Å². The minimum absolute atomic E-state index is 0.643. The number of para-hydroxylation sites is 1. The number of hydrogen-bond acceptors (Lipinski definition) is 1. The van der Waals surface area contributed by atoms with Crippen molar-refractivity contribution in [1.82, 2.24) is 0 Å². The van der Waals surface area contributed by atoms with Gasteiger partial charge in [-0.2, -0.15) is 0 Å². The Bertz CT molecular complexity index is 530. The Kier molecular flexibility index (Phi) is 4.56. The van der Waals surface area contributed by atoms with Crippen LogP contribution in [0, 0.1) is 0 Å². The maximum Gasteiger partial charge on any atom is 0.0949 e. The van der Waals surface area contributed by atoms with Crippen molar-refractivity contribution in [3.63, 3.8) is 0 Å². The van der Waals surface area contributed by atoms with Crippen molar-refractivity contribution < 1.29 is 4.90 Å². The van der Waals surface area contributed by atoms with E-state index in [0.717, 1.165) is 0 Å². The molecular formula is C19H25N2+. The number of anilines is 1. The number of quaternary nitrogens is 1. The van der Waals surface area contributed by atoms with Crippen LogP contribution in [0.5, 0.6) is 0 Å². The highest BCUT2D eigenvalue weighted by Crippen LogP contribution is 2.14. The second-order valence-corrected chi connectivity index (χ2v) is 6.09. The molecule has 2 nitrogen and oxygen atoms in total. The summed E-state index contributed by atoms with van der Waals surface area (Å²) in [5.41, 5.74) is 2.84. The fourth-order valence-electron chi connectivity index (χ4n) is 3.26. The first-order valence-corrected chi connectivity index (χ1v) is 8.01. The lowest BCUT2D eigenvalue weighted by atomic mass is 10.0. The lowest BCUT2D eigenvalue weighted by Crippen LogP contribution is -3.15. The van der Waals surface area contributed by atoms with E-state index in [1.54, 1.807) is 4.90 Å². The second-order valence-electron chi connectivity index (χ2n) is 6.09. The van der Waals surface area contributed by atoms with Crippen molar-refractivity contribution in [2.24, 2.45) is 0 Å². The fraction of sp³-hybridized carbons (Fsp3) is 0.368. The first kappa shape index (κ1) is 14.2. The van der Waals surface area contributed by atoms with E-state index in [0.29, 0.717) is 5.92 Å². The highest BCUT2D eigenvalue weighted by Gasteiger charge is 2.22. The Morgan fingerprint density at radius 2 is 1.48 bits per heavy atom. The average Bonchev–Trinajstić information content (AvgIpc) is 2.57. The van der Waals surface area contributed by atoms with E-state index in [2.05, 4.69) is 72.5 Å². The Balaban J connectivity index is 1.52. The third-order valence-corrected chi connectivity index (χ3v) is 4.56. The Morgan fingerprint density at radius 1 is 0.905 bits per heavy atom. The molecule has 1 fully saturated rings. The minimum Gasteiger partial charge on any atom is -0.360 e. The predicted octanol–water partition coefficient (Wildman–Crippen LogP) is 2.20. The van der Waals surface area contributed by atoms with Crippen LogP contribution in [0.2, 0.25) is 0 Å². The average molecular weight is 281 g/mol. The van der Waals surface area contributed by atoms with Gasteiger partial charge in [-0.25, -0.2) is 0 Å². The van der Waals surface area contributed by atoms with Gasteiger partial charge in [0.1, 0.15) is 0 Å². The maximum atomic E-state index is 2.51. The topological polar surface area (TPSA) is 7.68 Å². The van der Waals surface area contributed by atoms with Crippen LogP contribution in [0.3, 0.4) is 0 Å². The minimum atomic E-state index is 0.643. The molecule has 1 aliphatic rings. The molecule has 0 bridgehead atoms. The molecule has 0 saturated carbocycles. The van der Waals surface area contributed by atoms with Crippen LogP contribution in [0.1, 0.15) is 18.4 Å². The van der Waals surface area contributed by atoms with Gasteiger partial charge in [-0.15, -0.1) is 0 Å². The molecule has 2 heteroatoms. The smallest absolute Gasteiger partial charge is 0.0949 e. The van der Waals surface area contributed by atoms with E-state index >= 15 is 0 Å². The molecule has 0 spiro atoms. The van der Waals surface area contributed by atoms with Crippen LogP contribution >= 0.6 is 0 Å². The van der Waals surface area contributed by atoms with Crippen molar-refractivity contribution >= 4 is 5.69 Å². The molecule has 1 atom stereocenters. The molecular weight excluding hydrogens is 256 g/mol. The Morgan fingerprint density at radius 3 is 2.10 bits per heavy atom. The van der Waals surface area contributed by atoms with Crippen molar-refractivity contribution in [3.8, 4) is 0 Å². The third kappa shape index (κ3) is 3.64. The zero-order valence-electron chi connectivity index (χ0n) is 12.8. The molecule has 1 heterocycles. The van der Waals surface area contributed by atoms with Gasteiger partial charge in [-0.3, -0.25) is 0 Å². The summed E-state index contributed by atoms with van der Waals surface area (Å²) in [6.45, 7) is 8.42. The van der Waals surface area contributed by atoms with Gasteiger partial charge in [0.2, 0.25) is 0 Å². The molecule has 0 aliphatic carbocycles. The summed E-state index contributed by atoms with van der Waals surface area (Å²) in [4.78, 5) is 4.25. The number of piperazine rings is 1. The molecule has 1 aliphatic heterocycles. The van der Waals surface area contributed by atoms with Gasteiger partial charge in [0.05, 0.1) is 32.7 Å². The molecule has 0 unspecified atom stereocenters. The van der Waals surface area contributed by atoms with Crippen LogP contribution in [-0.4, -0.2) is 32.7 Å². The van der Waals surface area contributed by atoms with Gasteiger partial charge in [-0.05, 0) is 17.7 Å². The summed E-state index contributed by atoms with van der Waals surface area (Å²) in [5.74, 6) is 0.643. The summed E-state index contributed by atoms with van der Waals surface area (Å²) >= 11 is 0. The van der Waals surface area contributed by atoms with E-state index in [1.165, 1.54) is 44.0 Å². The van der Waals surface area contributed by atoms with E-state index in [4.69, 9.17) is 0 Å². The van der Waals surface area contributed by atoms with Gasteiger partial charge in [0.25, 0.3) is 0 Å². The molecule has 2 aromatic carbocycles. The molecule has 2 aromatic rings. The standard InChI is InChI=1S/C19H24N2/c1-17(18-8-4-2-5-9-18)16-20-12-14-21(15-13-20)19-10-6-3-7-11-19/h2-11,17H,12-16H2,1H3/p+1/t17-/m1/s1. The van der Waals surface area contributed by atoms with Crippen molar-refractivity contribution in [2.75, 3.05) is 37.6 Å². The molecule has 1 N–H and O–H groups in total. The van der Waals surface area contributed by atoms with E-state index in [1.807, 2.05) is 0 Å². The summed E-state index contributed by atoms with van der Waals surface area (Å²) in [7, 11) is 0. The largest absolute Gasteiger partial charge is 0.360 e. The SMILES string of the molecule is C[C@H](C[NH+]1CCN(c2ccccc2)CC1)c1ccccc1. The lowest BCUT2D eigenvalue weighted by Gasteiger charge is -2.34. The van der Waals surface area contributed by atoms with E-state index in [9.17, 15) is 0 Å². The van der Waals surface area contributed by atoms with Crippen molar-refractivity contribution in [3.05, 3.63) is 66.2 Å². The van der Waals surface area contributed by atoms with Crippen molar-refractivity contribution in [1.29, 1.82) is 0 Å². The molecule has 110 valence electrons. The summed E-state index contributed by atoms with van der Waals surface area (Å²) < 4.78 is 0. The number of nitrogens with zero attached hydrogens (tertiary/aromatic N) is 1. The second kappa shape index (κ2) is 6.77. The summed E-state index contributed by atoms with van der Waals surface area (Å²) in [6, 6.07) is 21.7. The molecule has 0 amide bonds. The van der Waals surface area contributed by atoms with Gasteiger partial charge in [0.15, 0.2) is 0 Å². The molecule has 3 rings (SSSR count). The molecule has 0 aromatic heterocycles. The third-order valence-electron chi connectivity index (χ3n) is 4.56. The molecule has 1 saturated heterocycles. The van der Waals surface area contributed by atoms with Crippen LogP contribution in [0.15, 0.2) is 60.7 Å². The predicted molar refractivity (Wildman–Crippen MR) is 89.1 cm³/mol. The van der Waals surface area contributed by atoms with Gasteiger partial charge in [0, 0.05) is 11.6 Å². The van der Waals surface area contributed by atoms with Crippen LogP contribution in [-0.2, 0) is 0 Å². The monoisotopic (exact) mass is 281 g/mol. The number of nitrogens with one attached hydrogen (secondary N) is 1. The van der Waals surface area contributed by atoms with Crippen LogP contribution < -0.4 is 9.80 Å². The number of hydrogen-bond donors (Lipinski definition) is 1. The van der Waals surface area contributed by atoms with Crippen molar-refractivity contribution in [2.45, 2.75) is 12.8 Å². The lowest BCUT2D eigenvalue weighted by molar-refractivity contribution is -0.901. The maximum absolute atomic E-state index is 2.51. The molecule has 0 radical (unpaired) electrons. The Hall–Kier alpha value is -1.80. The number of benzene rings is 2. The molecule has 21 heavy (non-hydrogen) atoms. The normalized spacial score (nSPS) is 17.7.